The van der Waals surface area contributed by atoms with Gasteiger partial charge in [0.15, 0.2) is 0 Å². The van der Waals surface area contributed by atoms with Crippen molar-refractivity contribution in [1.82, 2.24) is 0 Å². The molecule has 0 N–H and O–H groups in total. The Labute approximate surface area is 73.5 Å². The van der Waals surface area contributed by atoms with Gasteiger partial charge in [-0.05, 0) is 36.5 Å². The highest BCUT2D eigenvalue weighted by Crippen LogP contribution is 2.22. The number of carbonyl (C=O) groups is 1. The lowest BCUT2D eigenvalue weighted by Crippen LogP contribution is -2.04. The molecule has 1 heteroatoms. The molecule has 0 aromatic rings. The van der Waals surface area contributed by atoms with Crippen LogP contribution >= 0.6 is 0 Å². The van der Waals surface area contributed by atoms with Crippen molar-refractivity contribution in [2.45, 2.75) is 20.3 Å². The SMILES string of the molecule is C/C=C/C1=CCC(C)C(C=O)=C1. The maximum Gasteiger partial charge on any atom is 0.146 e. The molecule has 0 aromatic heterocycles. The van der Waals surface area contributed by atoms with E-state index < -0.39 is 0 Å². The Kier molecular flexibility index (Phi) is 3.03. The Morgan fingerprint density at radius 3 is 2.92 bits per heavy atom. The lowest BCUT2D eigenvalue weighted by atomic mass is 9.91. The molecule has 0 spiro atoms. The van der Waals surface area contributed by atoms with Crippen LogP contribution in [0.1, 0.15) is 20.3 Å². The molecule has 0 fully saturated rings. The molecular formula is C11H14O. The van der Waals surface area contributed by atoms with E-state index in [4.69, 9.17) is 0 Å². The second kappa shape index (κ2) is 4.05. The molecule has 0 amide bonds. The summed E-state index contributed by atoms with van der Waals surface area (Å²) >= 11 is 0. The Hall–Kier alpha value is -1.11. The molecule has 0 radical (unpaired) electrons. The molecule has 1 aliphatic rings. The van der Waals surface area contributed by atoms with E-state index in [1.165, 1.54) is 0 Å². The summed E-state index contributed by atoms with van der Waals surface area (Å²) in [5.41, 5.74) is 2.06. The van der Waals surface area contributed by atoms with Gasteiger partial charge in [0, 0.05) is 0 Å². The first-order valence-electron chi connectivity index (χ1n) is 4.27. The van der Waals surface area contributed by atoms with Gasteiger partial charge in [0.25, 0.3) is 0 Å². The van der Waals surface area contributed by atoms with E-state index in [1.807, 2.05) is 25.2 Å². The van der Waals surface area contributed by atoms with Crippen LogP contribution in [-0.2, 0) is 4.79 Å². The first kappa shape index (κ1) is 8.98. The number of rotatable bonds is 2. The summed E-state index contributed by atoms with van der Waals surface area (Å²) in [4.78, 5) is 10.6. The summed E-state index contributed by atoms with van der Waals surface area (Å²) in [6, 6.07) is 0. The molecule has 1 atom stereocenters. The van der Waals surface area contributed by atoms with E-state index in [9.17, 15) is 4.79 Å². The Morgan fingerprint density at radius 2 is 2.33 bits per heavy atom. The summed E-state index contributed by atoms with van der Waals surface area (Å²) in [7, 11) is 0. The first-order valence-corrected chi connectivity index (χ1v) is 4.27. The van der Waals surface area contributed by atoms with E-state index in [0.717, 1.165) is 23.9 Å². The maximum atomic E-state index is 10.6. The molecule has 0 bridgehead atoms. The third-order valence-corrected chi connectivity index (χ3v) is 2.10. The maximum absolute atomic E-state index is 10.6. The fourth-order valence-electron chi connectivity index (χ4n) is 1.30. The molecule has 1 rings (SSSR count). The minimum atomic E-state index is 0.386. The van der Waals surface area contributed by atoms with Gasteiger partial charge in [-0.2, -0.15) is 0 Å². The zero-order valence-corrected chi connectivity index (χ0v) is 7.58. The van der Waals surface area contributed by atoms with Crippen molar-refractivity contribution in [2.24, 2.45) is 5.92 Å². The summed E-state index contributed by atoms with van der Waals surface area (Å²) < 4.78 is 0. The normalized spacial score (nSPS) is 23.7. The van der Waals surface area contributed by atoms with E-state index in [2.05, 4.69) is 13.0 Å². The van der Waals surface area contributed by atoms with Gasteiger partial charge >= 0.3 is 0 Å². The lowest BCUT2D eigenvalue weighted by molar-refractivity contribution is -0.105. The molecular weight excluding hydrogens is 148 g/mol. The van der Waals surface area contributed by atoms with E-state index in [-0.39, 0.29) is 0 Å². The number of hydrogen-bond donors (Lipinski definition) is 0. The molecule has 0 aliphatic heterocycles. The highest BCUT2D eigenvalue weighted by atomic mass is 16.1. The van der Waals surface area contributed by atoms with Gasteiger partial charge in [-0.25, -0.2) is 0 Å². The van der Waals surface area contributed by atoms with Crippen molar-refractivity contribution in [1.29, 1.82) is 0 Å². The molecule has 1 unspecified atom stereocenters. The Balaban J connectivity index is 2.84. The van der Waals surface area contributed by atoms with Crippen LogP contribution in [0.2, 0.25) is 0 Å². The molecule has 0 aromatic carbocycles. The molecule has 64 valence electrons. The van der Waals surface area contributed by atoms with E-state index >= 15 is 0 Å². The fourth-order valence-corrected chi connectivity index (χ4v) is 1.30. The monoisotopic (exact) mass is 162 g/mol. The number of hydrogen-bond acceptors (Lipinski definition) is 1. The van der Waals surface area contributed by atoms with Gasteiger partial charge in [0.05, 0.1) is 0 Å². The van der Waals surface area contributed by atoms with Gasteiger partial charge < -0.3 is 0 Å². The topological polar surface area (TPSA) is 17.1 Å². The molecule has 0 heterocycles. The van der Waals surface area contributed by atoms with E-state index in [1.54, 1.807) is 0 Å². The molecule has 0 saturated heterocycles. The van der Waals surface area contributed by atoms with E-state index in [0.29, 0.717) is 5.92 Å². The zero-order chi connectivity index (χ0) is 8.97. The van der Waals surface area contributed by atoms with Crippen molar-refractivity contribution in [3.8, 4) is 0 Å². The predicted octanol–water partition coefficient (Wildman–Crippen LogP) is 2.65. The summed E-state index contributed by atoms with van der Waals surface area (Å²) in [6.07, 6.45) is 10.1. The summed E-state index contributed by atoms with van der Waals surface area (Å²) in [5, 5.41) is 0. The number of aldehydes is 1. The van der Waals surface area contributed by atoms with Crippen molar-refractivity contribution in [3.05, 3.63) is 35.5 Å². The van der Waals surface area contributed by atoms with Crippen LogP contribution in [-0.4, -0.2) is 6.29 Å². The van der Waals surface area contributed by atoms with Gasteiger partial charge in [0.2, 0.25) is 0 Å². The second-order valence-corrected chi connectivity index (χ2v) is 3.10. The summed E-state index contributed by atoms with van der Waals surface area (Å²) in [5.74, 6) is 0.386. The van der Waals surface area contributed by atoms with Crippen LogP contribution in [0.25, 0.3) is 0 Å². The lowest BCUT2D eigenvalue weighted by Gasteiger charge is -2.14. The fraction of sp³-hybridized carbons (Fsp3) is 0.364. The van der Waals surface area contributed by atoms with Crippen LogP contribution in [0.3, 0.4) is 0 Å². The van der Waals surface area contributed by atoms with Gasteiger partial charge in [-0.1, -0.05) is 25.2 Å². The number of allylic oxidation sites excluding steroid dienone is 6. The average Bonchev–Trinajstić information content (AvgIpc) is 2.09. The highest BCUT2D eigenvalue weighted by molar-refractivity contribution is 5.76. The minimum absolute atomic E-state index is 0.386. The Bertz CT molecular complexity index is 256. The van der Waals surface area contributed by atoms with Crippen molar-refractivity contribution < 1.29 is 4.79 Å². The van der Waals surface area contributed by atoms with Gasteiger partial charge in [-0.15, -0.1) is 0 Å². The average molecular weight is 162 g/mol. The second-order valence-electron chi connectivity index (χ2n) is 3.10. The third-order valence-electron chi connectivity index (χ3n) is 2.10. The van der Waals surface area contributed by atoms with Crippen LogP contribution in [0.5, 0.6) is 0 Å². The van der Waals surface area contributed by atoms with Crippen molar-refractivity contribution >= 4 is 6.29 Å². The zero-order valence-electron chi connectivity index (χ0n) is 7.58. The van der Waals surface area contributed by atoms with Crippen LogP contribution in [0.15, 0.2) is 35.5 Å². The quantitative estimate of drug-likeness (QED) is 0.570. The summed E-state index contributed by atoms with van der Waals surface area (Å²) in [6.45, 7) is 4.05. The molecule has 0 saturated carbocycles. The van der Waals surface area contributed by atoms with Crippen molar-refractivity contribution in [2.75, 3.05) is 0 Å². The number of carbonyl (C=O) groups excluding carboxylic acids is 1. The van der Waals surface area contributed by atoms with Gasteiger partial charge in [0.1, 0.15) is 6.29 Å². The van der Waals surface area contributed by atoms with Gasteiger partial charge in [-0.3, -0.25) is 4.79 Å². The Morgan fingerprint density at radius 1 is 1.58 bits per heavy atom. The predicted molar refractivity (Wildman–Crippen MR) is 50.8 cm³/mol. The smallest absolute Gasteiger partial charge is 0.146 e. The van der Waals surface area contributed by atoms with Crippen LogP contribution in [0.4, 0.5) is 0 Å². The minimum Gasteiger partial charge on any atom is -0.298 e. The molecule has 12 heavy (non-hydrogen) atoms. The highest BCUT2D eigenvalue weighted by Gasteiger charge is 2.10. The van der Waals surface area contributed by atoms with Crippen molar-refractivity contribution in [3.63, 3.8) is 0 Å². The third kappa shape index (κ3) is 1.94. The van der Waals surface area contributed by atoms with Crippen LogP contribution in [0, 0.1) is 5.92 Å². The first-order chi connectivity index (χ1) is 5.77. The van der Waals surface area contributed by atoms with Crippen LogP contribution < -0.4 is 0 Å². The molecule has 1 nitrogen and oxygen atoms in total. The molecule has 1 aliphatic carbocycles. The standard InChI is InChI=1S/C11H14O/c1-3-4-10-6-5-9(2)11(7-10)8-12/h3-4,6-9H,5H2,1-2H3/b4-3+. The largest absolute Gasteiger partial charge is 0.298 e.